The Bertz CT molecular complexity index is 388. The van der Waals surface area contributed by atoms with Gasteiger partial charge in [-0.1, -0.05) is 0 Å². The number of nitrogens with two attached hydrogens (primary N) is 1. The first-order chi connectivity index (χ1) is 6.70. The highest BCUT2D eigenvalue weighted by Gasteiger charge is 2.19. The number of carboxylic acids is 1. The summed E-state index contributed by atoms with van der Waals surface area (Å²) in [6.07, 6.45) is 5.14. The Balaban J connectivity index is 2.59. The maximum Gasteiger partial charge on any atom is 0.337 e. The predicted molar refractivity (Wildman–Crippen MR) is 52.3 cm³/mol. The van der Waals surface area contributed by atoms with Crippen molar-refractivity contribution in [3.8, 4) is 0 Å². The van der Waals surface area contributed by atoms with Crippen LogP contribution in [0.4, 0.5) is 5.82 Å². The SMILES string of the molecule is Nc1ncc(C(=O)O)c2c1CCCC2. The van der Waals surface area contributed by atoms with E-state index in [0.29, 0.717) is 11.4 Å². The lowest BCUT2D eigenvalue weighted by atomic mass is 9.89. The van der Waals surface area contributed by atoms with Crippen LogP contribution in [0, 0.1) is 0 Å². The highest BCUT2D eigenvalue weighted by molar-refractivity contribution is 5.90. The standard InChI is InChI=1S/C10H12N2O2/c11-9-7-4-2-1-3-6(7)8(5-12-9)10(13)14/h5H,1-4H2,(H2,11,12)(H,13,14). The number of hydrogen-bond acceptors (Lipinski definition) is 3. The van der Waals surface area contributed by atoms with Crippen LogP contribution in [0.3, 0.4) is 0 Å². The average Bonchev–Trinajstić information content (AvgIpc) is 2.18. The van der Waals surface area contributed by atoms with Crippen LogP contribution in [0.25, 0.3) is 0 Å². The van der Waals surface area contributed by atoms with Gasteiger partial charge in [-0.2, -0.15) is 0 Å². The van der Waals surface area contributed by atoms with Crippen molar-refractivity contribution in [1.82, 2.24) is 4.98 Å². The van der Waals surface area contributed by atoms with Gasteiger partial charge in [0.15, 0.2) is 0 Å². The zero-order valence-corrected chi connectivity index (χ0v) is 7.79. The number of fused-ring (bicyclic) bond motifs is 1. The van der Waals surface area contributed by atoms with Crippen molar-refractivity contribution in [3.05, 3.63) is 22.9 Å². The number of nitrogen functional groups attached to an aromatic ring is 1. The van der Waals surface area contributed by atoms with E-state index in [-0.39, 0.29) is 0 Å². The third-order valence-corrected chi connectivity index (χ3v) is 2.67. The molecule has 4 nitrogen and oxygen atoms in total. The molecule has 0 saturated carbocycles. The number of aromatic nitrogens is 1. The molecule has 0 aromatic carbocycles. The van der Waals surface area contributed by atoms with E-state index in [2.05, 4.69) is 4.98 Å². The molecule has 1 aliphatic rings. The van der Waals surface area contributed by atoms with Gasteiger partial charge in [0, 0.05) is 6.20 Å². The second kappa shape index (κ2) is 3.29. The summed E-state index contributed by atoms with van der Waals surface area (Å²) in [6, 6.07) is 0. The molecular weight excluding hydrogens is 180 g/mol. The molecule has 0 radical (unpaired) electrons. The number of hydrogen-bond donors (Lipinski definition) is 2. The maximum absolute atomic E-state index is 10.9. The fourth-order valence-electron chi connectivity index (χ4n) is 1.96. The summed E-state index contributed by atoms with van der Waals surface area (Å²) < 4.78 is 0. The zero-order valence-electron chi connectivity index (χ0n) is 7.79. The van der Waals surface area contributed by atoms with Crippen molar-refractivity contribution in [3.63, 3.8) is 0 Å². The van der Waals surface area contributed by atoms with Crippen molar-refractivity contribution < 1.29 is 9.90 Å². The van der Waals surface area contributed by atoms with Crippen molar-refractivity contribution in [2.24, 2.45) is 0 Å². The van der Waals surface area contributed by atoms with E-state index < -0.39 is 5.97 Å². The number of nitrogens with zero attached hydrogens (tertiary/aromatic N) is 1. The van der Waals surface area contributed by atoms with Gasteiger partial charge in [-0.15, -0.1) is 0 Å². The first-order valence-corrected chi connectivity index (χ1v) is 4.69. The van der Waals surface area contributed by atoms with Crippen LogP contribution in [0.5, 0.6) is 0 Å². The number of pyridine rings is 1. The molecule has 1 aromatic heterocycles. The maximum atomic E-state index is 10.9. The smallest absolute Gasteiger partial charge is 0.337 e. The van der Waals surface area contributed by atoms with Gasteiger partial charge in [0.25, 0.3) is 0 Å². The third kappa shape index (κ3) is 1.32. The molecule has 3 N–H and O–H groups in total. The van der Waals surface area contributed by atoms with E-state index in [1.54, 1.807) is 0 Å². The molecule has 4 heteroatoms. The summed E-state index contributed by atoms with van der Waals surface area (Å²) >= 11 is 0. The van der Waals surface area contributed by atoms with Crippen LogP contribution in [0.15, 0.2) is 6.20 Å². The van der Waals surface area contributed by atoms with Gasteiger partial charge in [-0.05, 0) is 36.8 Å². The van der Waals surface area contributed by atoms with Gasteiger partial charge in [-0.25, -0.2) is 9.78 Å². The summed E-state index contributed by atoms with van der Waals surface area (Å²) in [4.78, 5) is 14.8. The predicted octanol–water partition coefficient (Wildman–Crippen LogP) is 1.24. The molecule has 0 saturated heterocycles. The van der Waals surface area contributed by atoms with Gasteiger partial charge in [-0.3, -0.25) is 0 Å². The summed E-state index contributed by atoms with van der Waals surface area (Å²) in [6.45, 7) is 0. The van der Waals surface area contributed by atoms with Crippen LogP contribution >= 0.6 is 0 Å². The third-order valence-electron chi connectivity index (χ3n) is 2.67. The quantitative estimate of drug-likeness (QED) is 0.701. The van der Waals surface area contributed by atoms with E-state index >= 15 is 0 Å². The number of carboxylic acid groups (broad SMARTS) is 1. The first-order valence-electron chi connectivity index (χ1n) is 4.69. The number of anilines is 1. The Morgan fingerprint density at radius 3 is 2.64 bits per heavy atom. The van der Waals surface area contributed by atoms with E-state index in [4.69, 9.17) is 10.8 Å². The Hall–Kier alpha value is -1.58. The summed E-state index contributed by atoms with van der Waals surface area (Å²) in [5, 5.41) is 8.95. The van der Waals surface area contributed by atoms with Crippen LogP contribution in [0.1, 0.15) is 34.3 Å². The Kier molecular flexibility index (Phi) is 2.11. The normalized spacial score (nSPS) is 14.9. The van der Waals surface area contributed by atoms with Crippen LogP contribution in [0.2, 0.25) is 0 Å². The summed E-state index contributed by atoms with van der Waals surface area (Å²) in [5.41, 5.74) is 7.85. The summed E-state index contributed by atoms with van der Waals surface area (Å²) in [7, 11) is 0. The van der Waals surface area contributed by atoms with Gasteiger partial charge < -0.3 is 10.8 Å². The Morgan fingerprint density at radius 2 is 2.00 bits per heavy atom. The molecule has 0 fully saturated rings. The lowest BCUT2D eigenvalue weighted by molar-refractivity contribution is 0.0695. The fourth-order valence-corrected chi connectivity index (χ4v) is 1.96. The van der Waals surface area contributed by atoms with Crippen molar-refractivity contribution in [2.75, 3.05) is 5.73 Å². The molecule has 0 aliphatic heterocycles. The molecule has 0 atom stereocenters. The molecule has 0 amide bonds. The van der Waals surface area contributed by atoms with Crippen molar-refractivity contribution in [1.29, 1.82) is 0 Å². The number of aromatic carboxylic acids is 1. The largest absolute Gasteiger partial charge is 0.478 e. The minimum Gasteiger partial charge on any atom is -0.478 e. The van der Waals surface area contributed by atoms with E-state index in [0.717, 1.165) is 36.8 Å². The molecule has 0 bridgehead atoms. The topological polar surface area (TPSA) is 76.2 Å². The molecule has 74 valence electrons. The Morgan fingerprint density at radius 1 is 1.36 bits per heavy atom. The zero-order chi connectivity index (χ0) is 10.1. The van der Waals surface area contributed by atoms with E-state index in [1.165, 1.54) is 6.20 Å². The lowest BCUT2D eigenvalue weighted by Crippen LogP contribution is -2.14. The molecule has 2 rings (SSSR count). The molecule has 0 unspecified atom stereocenters. The first kappa shape index (κ1) is 8.99. The fraction of sp³-hybridized carbons (Fsp3) is 0.400. The average molecular weight is 192 g/mol. The minimum absolute atomic E-state index is 0.314. The van der Waals surface area contributed by atoms with E-state index in [9.17, 15) is 4.79 Å². The molecule has 1 aliphatic carbocycles. The lowest BCUT2D eigenvalue weighted by Gasteiger charge is -2.18. The molecule has 1 aromatic rings. The van der Waals surface area contributed by atoms with Gasteiger partial charge in [0.05, 0.1) is 5.56 Å². The second-order valence-corrected chi connectivity index (χ2v) is 3.53. The van der Waals surface area contributed by atoms with Gasteiger partial charge >= 0.3 is 5.97 Å². The monoisotopic (exact) mass is 192 g/mol. The molecule has 14 heavy (non-hydrogen) atoms. The van der Waals surface area contributed by atoms with Crippen molar-refractivity contribution in [2.45, 2.75) is 25.7 Å². The van der Waals surface area contributed by atoms with Crippen LogP contribution in [-0.2, 0) is 12.8 Å². The highest BCUT2D eigenvalue weighted by Crippen LogP contribution is 2.27. The van der Waals surface area contributed by atoms with Gasteiger partial charge in [0.2, 0.25) is 0 Å². The van der Waals surface area contributed by atoms with Gasteiger partial charge in [0.1, 0.15) is 5.82 Å². The number of carbonyl (C=O) groups is 1. The number of rotatable bonds is 1. The Labute approximate surface area is 81.8 Å². The molecule has 1 heterocycles. The van der Waals surface area contributed by atoms with E-state index in [1.807, 2.05) is 0 Å². The van der Waals surface area contributed by atoms with Crippen molar-refractivity contribution >= 4 is 11.8 Å². The van der Waals surface area contributed by atoms with Crippen LogP contribution in [-0.4, -0.2) is 16.1 Å². The minimum atomic E-state index is -0.907. The van der Waals surface area contributed by atoms with Crippen LogP contribution < -0.4 is 5.73 Å². The highest BCUT2D eigenvalue weighted by atomic mass is 16.4. The second-order valence-electron chi connectivity index (χ2n) is 3.53. The molecular formula is C10H12N2O2. The summed E-state index contributed by atoms with van der Waals surface area (Å²) in [5.74, 6) is -0.416. The molecule has 0 spiro atoms.